The van der Waals surface area contributed by atoms with Gasteiger partial charge >= 0.3 is 0 Å². The summed E-state index contributed by atoms with van der Waals surface area (Å²) in [5, 5.41) is 0. The van der Waals surface area contributed by atoms with Gasteiger partial charge in [0.05, 0.1) is 0 Å². The van der Waals surface area contributed by atoms with E-state index in [4.69, 9.17) is 0 Å². The summed E-state index contributed by atoms with van der Waals surface area (Å²) in [6, 6.07) is 54.2. The van der Waals surface area contributed by atoms with Crippen LogP contribution in [0.15, 0.2) is 146 Å². The van der Waals surface area contributed by atoms with Crippen molar-refractivity contribution in [2.75, 3.05) is 9.80 Å². The molecule has 0 heterocycles. The van der Waals surface area contributed by atoms with Crippen molar-refractivity contribution in [3.63, 3.8) is 0 Å². The predicted octanol–water partition coefficient (Wildman–Crippen LogP) is 15.5. The monoisotopic (exact) mass is 712 g/mol. The van der Waals surface area contributed by atoms with Gasteiger partial charge in [-0.25, -0.2) is 0 Å². The Morgan fingerprint density at radius 2 is 0.370 bits per heavy atom. The van der Waals surface area contributed by atoms with Crippen LogP contribution in [0.4, 0.5) is 34.1 Å². The Kier molecular flexibility index (Phi) is 10.5. The number of benzene rings is 6. The zero-order chi connectivity index (χ0) is 39.1. The molecule has 0 radical (unpaired) electrons. The van der Waals surface area contributed by atoms with E-state index in [9.17, 15) is 0 Å². The van der Waals surface area contributed by atoms with Crippen LogP contribution in [0, 0.1) is 0 Å². The molecule has 0 aliphatic carbocycles. The van der Waals surface area contributed by atoms with Gasteiger partial charge in [0, 0.05) is 34.1 Å². The fourth-order valence-corrected chi connectivity index (χ4v) is 6.94. The SMILES string of the molecule is CC(C)(C)c1ccc(N(c2ccc(-c3ccc(N(c4ccc(C(C)(C)C)cc4)c4ccc(C(C)(C)C)cc4)cc3)cc2)c2ccc(C(C)(C)C)cc2)cc1. The maximum Gasteiger partial charge on any atom is 0.0462 e. The zero-order valence-electron chi connectivity index (χ0n) is 34.8. The minimum atomic E-state index is 0.0969. The molecule has 0 N–H and O–H groups in total. The average Bonchev–Trinajstić information content (AvgIpc) is 3.12. The molecule has 0 saturated heterocycles. The molecule has 0 aliphatic rings. The normalized spacial score (nSPS) is 12.4. The lowest BCUT2D eigenvalue weighted by atomic mass is 9.86. The first-order valence-corrected chi connectivity index (χ1v) is 19.5. The molecule has 0 bridgehead atoms. The lowest BCUT2D eigenvalue weighted by molar-refractivity contribution is 0.590. The fraction of sp³-hybridized carbons (Fsp3) is 0.308. The summed E-state index contributed by atoms with van der Waals surface area (Å²) in [5.74, 6) is 0. The molecular formula is C52H60N2. The molecule has 278 valence electrons. The van der Waals surface area contributed by atoms with Crippen molar-refractivity contribution < 1.29 is 0 Å². The van der Waals surface area contributed by atoms with E-state index in [2.05, 4.69) is 238 Å². The molecule has 0 aliphatic heterocycles. The molecule has 0 aromatic heterocycles. The van der Waals surface area contributed by atoms with Crippen LogP contribution < -0.4 is 9.80 Å². The summed E-state index contributed by atoms with van der Waals surface area (Å²) in [4.78, 5) is 4.72. The van der Waals surface area contributed by atoms with Crippen molar-refractivity contribution in [2.24, 2.45) is 0 Å². The molecule has 6 rings (SSSR count). The second-order valence-electron chi connectivity index (χ2n) is 19.0. The first-order chi connectivity index (χ1) is 25.3. The Morgan fingerprint density at radius 1 is 0.222 bits per heavy atom. The lowest BCUT2D eigenvalue weighted by Gasteiger charge is -2.28. The molecule has 0 atom stereocenters. The maximum atomic E-state index is 2.36. The van der Waals surface area contributed by atoms with Crippen molar-refractivity contribution >= 4 is 34.1 Å². The van der Waals surface area contributed by atoms with E-state index in [0.717, 1.165) is 34.1 Å². The highest BCUT2D eigenvalue weighted by Gasteiger charge is 2.21. The first kappa shape index (κ1) is 38.6. The Hall–Kier alpha value is -5.08. The molecule has 6 aromatic carbocycles. The summed E-state index contributed by atoms with van der Waals surface area (Å²) in [7, 11) is 0. The number of hydrogen-bond donors (Lipinski definition) is 0. The van der Waals surface area contributed by atoms with Gasteiger partial charge in [-0.05, 0) is 128 Å². The summed E-state index contributed by atoms with van der Waals surface area (Å²) in [5.41, 5.74) is 14.9. The fourth-order valence-electron chi connectivity index (χ4n) is 6.94. The molecule has 0 saturated carbocycles. The second kappa shape index (κ2) is 14.6. The number of rotatable bonds is 7. The minimum absolute atomic E-state index is 0.0969. The summed E-state index contributed by atoms with van der Waals surface area (Å²) >= 11 is 0. The third kappa shape index (κ3) is 8.65. The van der Waals surface area contributed by atoms with Crippen LogP contribution in [0.5, 0.6) is 0 Å². The average molecular weight is 713 g/mol. The number of nitrogens with zero attached hydrogens (tertiary/aromatic N) is 2. The van der Waals surface area contributed by atoms with E-state index in [1.807, 2.05) is 0 Å². The highest BCUT2D eigenvalue weighted by molar-refractivity contribution is 5.81. The quantitative estimate of drug-likeness (QED) is 0.163. The molecule has 0 amide bonds. The van der Waals surface area contributed by atoms with E-state index in [1.54, 1.807) is 0 Å². The molecule has 0 fully saturated rings. The lowest BCUT2D eigenvalue weighted by Crippen LogP contribution is -2.14. The van der Waals surface area contributed by atoms with Gasteiger partial charge in [0.2, 0.25) is 0 Å². The van der Waals surface area contributed by atoms with Gasteiger partial charge in [-0.1, -0.05) is 156 Å². The van der Waals surface area contributed by atoms with Crippen LogP contribution in [0.3, 0.4) is 0 Å². The van der Waals surface area contributed by atoms with E-state index in [-0.39, 0.29) is 21.7 Å². The van der Waals surface area contributed by atoms with Gasteiger partial charge < -0.3 is 9.80 Å². The van der Waals surface area contributed by atoms with Gasteiger partial charge in [-0.15, -0.1) is 0 Å². The molecule has 2 nitrogen and oxygen atoms in total. The minimum Gasteiger partial charge on any atom is -0.311 e. The van der Waals surface area contributed by atoms with Gasteiger partial charge in [0.1, 0.15) is 0 Å². The third-order valence-corrected chi connectivity index (χ3v) is 10.6. The van der Waals surface area contributed by atoms with Crippen LogP contribution >= 0.6 is 0 Å². The van der Waals surface area contributed by atoms with Crippen LogP contribution in [0.25, 0.3) is 11.1 Å². The van der Waals surface area contributed by atoms with Crippen molar-refractivity contribution in [3.8, 4) is 11.1 Å². The Balaban J connectivity index is 1.33. The van der Waals surface area contributed by atoms with Crippen molar-refractivity contribution in [1.82, 2.24) is 0 Å². The molecule has 0 unspecified atom stereocenters. The van der Waals surface area contributed by atoms with E-state index >= 15 is 0 Å². The summed E-state index contributed by atoms with van der Waals surface area (Å²) < 4.78 is 0. The molecule has 0 spiro atoms. The van der Waals surface area contributed by atoms with Crippen molar-refractivity contribution in [2.45, 2.75) is 105 Å². The first-order valence-electron chi connectivity index (χ1n) is 19.5. The predicted molar refractivity (Wildman–Crippen MR) is 236 cm³/mol. The molecule has 2 heteroatoms. The van der Waals surface area contributed by atoms with Crippen LogP contribution in [-0.2, 0) is 21.7 Å². The van der Waals surface area contributed by atoms with Gasteiger partial charge in [-0.2, -0.15) is 0 Å². The van der Waals surface area contributed by atoms with Gasteiger partial charge in [0.25, 0.3) is 0 Å². The van der Waals surface area contributed by atoms with Crippen molar-refractivity contribution in [3.05, 3.63) is 168 Å². The maximum absolute atomic E-state index is 2.36. The molecule has 6 aromatic rings. The van der Waals surface area contributed by atoms with Crippen molar-refractivity contribution in [1.29, 1.82) is 0 Å². The Bertz CT molecular complexity index is 1850. The summed E-state index contributed by atoms with van der Waals surface area (Å²) in [6.45, 7) is 27.2. The highest BCUT2D eigenvalue weighted by Crippen LogP contribution is 2.40. The second-order valence-corrected chi connectivity index (χ2v) is 19.0. The van der Waals surface area contributed by atoms with E-state index in [1.165, 1.54) is 33.4 Å². The van der Waals surface area contributed by atoms with Gasteiger partial charge in [-0.3, -0.25) is 0 Å². The number of anilines is 6. The standard InChI is InChI=1S/C52H60N2/c1-49(2,3)39-17-29-45(30-18-39)53(46-31-19-40(20-32-46)50(4,5)6)43-25-13-37(14-26-43)38-15-27-44(28-16-38)54(47-33-21-41(22-34-47)51(7,8)9)48-35-23-42(24-36-48)52(10,11)12/h13-36H,1-12H3. The van der Waals surface area contributed by atoms with Crippen LogP contribution in [0.1, 0.15) is 105 Å². The van der Waals surface area contributed by atoms with Crippen LogP contribution in [-0.4, -0.2) is 0 Å². The van der Waals surface area contributed by atoms with E-state index in [0.29, 0.717) is 0 Å². The smallest absolute Gasteiger partial charge is 0.0462 e. The number of hydrogen-bond acceptors (Lipinski definition) is 2. The largest absolute Gasteiger partial charge is 0.311 e. The topological polar surface area (TPSA) is 6.48 Å². The summed E-state index contributed by atoms with van der Waals surface area (Å²) in [6.07, 6.45) is 0. The van der Waals surface area contributed by atoms with Gasteiger partial charge in [0.15, 0.2) is 0 Å². The molecular weight excluding hydrogens is 653 g/mol. The third-order valence-electron chi connectivity index (χ3n) is 10.6. The Morgan fingerprint density at radius 3 is 0.519 bits per heavy atom. The van der Waals surface area contributed by atoms with E-state index < -0.39 is 0 Å². The Labute approximate surface area is 326 Å². The molecule has 54 heavy (non-hydrogen) atoms. The zero-order valence-corrected chi connectivity index (χ0v) is 34.8. The highest BCUT2D eigenvalue weighted by atomic mass is 15.1. The van der Waals surface area contributed by atoms with Crippen LogP contribution in [0.2, 0.25) is 0 Å².